The Morgan fingerprint density at radius 2 is 2.09 bits per heavy atom. The number of aromatic hydroxyl groups is 1. The molecule has 112 valence electrons. The van der Waals surface area contributed by atoms with E-state index in [9.17, 15) is 9.90 Å². The lowest BCUT2D eigenvalue weighted by Gasteiger charge is -2.02. The second kappa shape index (κ2) is 4.95. The van der Waals surface area contributed by atoms with Crippen molar-refractivity contribution in [3.63, 3.8) is 0 Å². The minimum absolute atomic E-state index is 0.237. The highest BCUT2D eigenvalue weighted by atomic mass is 32.1. The number of fused-ring (bicyclic) bond motifs is 2. The average molecular weight is 338 g/mol. The molecule has 0 aliphatic carbocycles. The van der Waals surface area contributed by atoms with Gasteiger partial charge in [0, 0.05) is 20.5 Å². The van der Waals surface area contributed by atoms with Gasteiger partial charge in [0.1, 0.15) is 16.6 Å². The number of aryl methyl sites for hydroxylation is 1. The molecule has 1 aromatic carbocycles. The van der Waals surface area contributed by atoms with Gasteiger partial charge in [-0.15, -0.1) is 22.7 Å². The number of aromatic nitrogens is 1. The van der Waals surface area contributed by atoms with E-state index in [-0.39, 0.29) is 11.3 Å². The molecule has 4 aromatic rings. The molecule has 0 aliphatic heterocycles. The molecule has 3 aromatic heterocycles. The lowest BCUT2D eigenvalue weighted by molar-refractivity contribution is 0.479. The fraction of sp³-hybridized carbons (Fsp3) is 0.0588. The molecule has 0 amide bonds. The Morgan fingerprint density at radius 1 is 1.30 bits per heavy atom. The molecule has 23 heavy (non-hydrogen) atoms. The first-order valence-electron chi connectivity index (χ1n) is 6.87. The van der Waals surface area contributed by atoms with E-state index in [2.05, 4.69) is 17.1 Å². The van der Waals surface area contributed by atoms with Crippen molar-refractivity contribution in [2.75, 3.05) is 0 Å². The quantitative estimate of drug-likeness (QED) is 0.541. The van der Waals surface area contributed by atoms with Crippen molar-refractivity contribution in [1.29, 1.82) is 5.26 Å². The summed E-state index contributed by atoms with van der Waals surface area (Å²) in [5.74, 6) is -0.237. The summed E-state index contributed by atoms with van der Waals surface area (Å²) < 4.78 is 1.17. The Hall–Kier alpha value is -2.62. The Balaban J connectivity index is 2.12. The van der Waals surface area contributed by atoms with E-state index in [0.29, 0.717) is 10.2 Å². The van der Waals surface area contributed by atoms with Crippen LogP contribution in [0.5, 0.6) is 5.75 Å². The summed E-state index contributed by atoms with van der Waals surface area (Å²) in [6.07, 6.45) is 0. The standard InChI is InChI=1S/C17H10N2O2S2/c1-8-9-4-2-3-5-12(9)23-15(8)11-7-22-17-13(11)14(20)10(6-18)16(21)19-17/h2-5,7H,1H3,(H2,19,20,21). The van der Waals surface area contributed by atoms with Gasteiger partial charge in [0.15, 0.2) is 5.56 Å². The van der Waals surface area contributed by atoms with Crippen molar-refractivity contribution in [2.24, 2.45) is 0 Å². The molecule has 3 heterocycles. The first-order chi connectivity index (χ1) is 11.1. The van der Waals surface area contributed by atoms with Crippen LogP contribution < -0.4 is 5.56 Å². The highest BCUT2D eigenvalue weighted by Gasteiger charge is 2.20. The largest absolute Gasteiger partial charge is 0.506 e. The number of hydrogen-bond acceptors (Lipinski definition) is 5. The number of aromatic amines is 1. The summed E-state index contributed by atoms with van der Waals surface area (Å²) in [5, 5.41) is 23.1. The molecular formula is C17H10N2O2S2. The summed E-state index contributed by atoms with van der Waals surface area (Å²) in [4.78, 5) is 16.1. The van der Waals surface area contributed by atoms with Gasteiger partial charge in [-0.3, -0.25) is 4.79 Å². The molecule has 0 atom stereocenters. The van der Waals surface area contributed by atoms with Crippen LogP contribution in [-0.2, 0) is 0 Å². The summed E-state index contributed by atoms with van der Waals surface area (Å²) in [6.45, 7) is 2.05. The van der Waals surface area contributed by atoms with E-state index in [4.69, 9.17) is 5.26 Å². The highest BCUT2D eigenvalue weighted by molar-refractivity contribution is 7.23. The molecule has 4 rings (SSSR count). The summed E-state index contributed by atoms with van der Waals surface area (Å²) >= 11 is 3.00. The third kappa shape index (κ3) is 1.91. The van der Waals surface area contributed by atoms with E-state index in [0.717, 1.165) is 16.0 Å². The smallest absolute Gasteiger partial charge is 0.270 e. The number of H-pyrrole nitrogens is 1. The van der Waals surface area contributed by atoms with Crippen molar-refractivity contribution in [2.45, 2.75) is 6.92 Å². The van der Waals surface area contributed by atoms with Crippen LogP contribution in [-0.4, -0.2) is 10.1 Å². The van der Waals surface area contributed by atoms with Gasteiger partial charge >= 0.3 is 0 Å². The molecule has 2 N–H and O–H groups in total. The lowest BCUT2D eigenvalue weighted by atomic mass is 10.1. The zero-order valence-corrected chi connectivity index (χ0v) is 13.6. The Labute approximate surface area is 138 Å². The molecule has 0 fully saturated rings. The number of rotatable bonds is 1. The molecule has 0 radical (unpaired) electrons. The van der Waals surface area contributed by atoms with Crippen LogP contribution in [0.4, 0.5) is 0 Å². The van der Waals surface area contributed by atoms with Gasteiger partial charge in [0.05, 0.1) is 5.39 Å². The van der Waals surface area contributed by atoms with Crippen molar-refractivity contribution in [3.8, 4) is 22.3 Å². The molecule has 6 heteroatoms. The van der Waals surface area contributed by atoms with Gasteiger partial charge in [-0.1, -0.05) is 18.2 Å². The van der Waals surface area contributed by atoms with Crippen LogP contribution in [0.3, 0.4) is 0 Å². The van der Waals surface area contributed by atoms with Gasteiger partial charge in [-0.2, -0.15) is 5.26 Å². The number of nitriles is 1. The summed E-state index contributed by atoms with van der Waals surface area (Å²) in [5.41, 5.74) is 1.19. The van der Waals surface area contributed by atoms with Crippen LogP contribution in [0.1, 0.15) is 11.1 Å². The van der Waals surface area contributed by atoms with Gasteiger partial charge in [-0.25, -0.2) is 0 Å². The maximum atomic E-state index is 11.8. The molecular weight excluding hydrogens is 328 g/mol. The first kappa shape index (κ1) is 14.0. The molecule has 0 bridgehead atoms. The molecule has 0 saturated carbocycles. The Morgan fingerprint density at radius 3 is 2.83 bits per heavy atom. The van der Waals surface area contributed by atoms with Crippen LogP contribution in [0.2, 0.25) is 0 Å². The van der Waals surface area contributed by atoms with E-state index >= 15 is 0 Å². The van der Waals surface area contributed by atoms with E-state index in [1.54, 1.807) is 17.4 Å². The van der Waals surface area contributed by atoms with Gasteiger partial charge in [0.25, 0.3) is 5.56 Å². The first-order valence-corrected chi connectivity index (χ1v) is 8.56. The molecule has 0 aliphatic rings. The number of thiophene rings is 2. The SMILES string of the molecule is Cc1c(-c2csc3[nH]c(=O)c(C#N)c(O)c23)sc2ccccc12. The van der Waals surface area contributed by atoms with E-state index < -0.39 is 5.56 Å². The number of nitrogens with zero attached hydrogens (tertiary/aromatic N) is 1. The molecule has 0 spiro atoms. The Kier molecular flexibility index (Phi) is 3.01. The monoisotopic (exact) mass is 338 g/mol. The van der Waals surface area contributed by atoms with Crippen LogP contribution in [0, 0.1) is 18.3 Å². The average Bonchev–Trinajstić information content (AvgIpc) is 3.09. The minimum Gasteiger partial charge on any atom is -0.506 e. The molecule has 0 saturated heterocycles. The summed E-state index contributed by atoms with van der Waals surface area (Å²) in [7, 11) is 0. The number of benzene rings is 1. The zero-order valence-electron chi connectivity index (χ0n) is 12.0. The number of hydrogen-bond donors (Lipinski definition) is 2. The van der Waals surface area contributed by atoms with Crippen LogP contribution in [0.25, 0.3) is 30.7 Å². The maximum absolute atomic E-state index is 11.8. The fourth-order valence-corrected chi connectivity index (χ4v) is 5.04. The van der Waals surface area contributed by atoms with Gasteiger partial charge in [-0.05, 0) is 23.9 Å². The minimum atomic E-state index is -0.557. The van der Waals surface area contributed by atoms with Gasteiger partial charge in [0.2, 0.25) is 0 Å². The maximum Gasteiger partial charge on any atom is 0.270 e. The highest BCUT2D eigenvalue weighted by Crippen LogP contribution is 2.45. The number of nitrogens with one attached hydrogen (secondary N) is 1. The number of pyridine rings is 1. The van der Waals surface area contributed by atoms with Crippen molar-refractivity contribution >= 4 is 43.0 Å². The van der Waals surface area contributed by atoms with Crippen LogP contribution in [0.15, 0.2) is 34.4 Å². The second-order valence-electron chi connectivity index (χ2n) is 5.20. The van der Waals surface area contributed by atoms with E-state index in [1.807, 2.05) is 24.4 Å². The zero-order chi connectivity index (χ0) is 16.1. The normalized spacial score (nSPS) is 11.1. The van der Waals surface area contributed by atoms with Crippen molar-refractivity contribution in [1.82, 2.24) is 4.98 Å². The van der Waals surface area contributed by atoms with Gasteiger partial charge < -0.3 is 10.1 Å². The fourth-order valence-electron chi connectivity index (χ4n) is 2.79. The molecule has 0 unspecified atom stereocenters. The third-order valence-electron chi connectivity index (χ3n) is 3.92. The van der Waals surface area contributed by atoms with E-state index in [1.165, 1.54) is 21.4 Å². The summed E-state index contributed by atoms with van der Waals surface area (Å²) in [6, 6.07) is 9.91. The van der Waals surface area contributed by atoms with Crippen molar-refractivity contribution in [3.05, 3.63) is 51.1 Å². The second-order valence-corrected chi connectivity index (χ2v) is 7.13. The molecule has 4 nitrogen and oxygen atoms in total. The predicted octanol–water partition coefficient (Wildman–Crippen LogP) is 4.36. The van der Waals surface area contributed by atoms with Crippen molar-refractivity contribution < 1.29 is 5.11 Å². The predicted molar refractivity (Wildman–Crippen MR) is 94.4 cm³/mol. The topological polar surface area (TPSA) is 76.9 Å². The van der Waals surface area contributed by atoms with Crippen LogP contribution >= 0.6 is 22.7 Å². The Bertz CT molecular complexity index is 1180. The third-order valence-corrected chi connectivity index (χ3v) is 6.12. The lowest BCUT2D eigenvalue weighted by Crippen LogP contribution is -2.09.